The van der Waals surface area contributed by atoms with Gasteiger partial charge < -0.3 is 4.74 Å². The molecule has 1 aromatic carbocycles. The van der Waals surface area contributed by atoms with Gasteiger partial charge in [-0.2, -0.15) is 5.01 Å². The molecule has 0 aliphatic carbocycles. The molecule has 10 heteroatoms. The molecule has 1 aliphatic heterocycles. The summed E-state index contributed by atoms with van der Waals surface area (Å²) in [5, 5.41) is 3.78. The van der Waals surface area contributed by atoms with Crippen molar-refractivity contribution in [3.05, 3.63) is 69.4 Å². The number of ether oxygens (including phenoxy) is 1. The van der Waals surface area contributed by atoms with Crippen LogP contribution in [0.15, 0.2) is 53.4 Å². The predicted molar refractivity (Wildman–Crippen MR) is 138 cm³/mol. The van der Waals surface area contributed by atoms with Crippen LogP contribution in [0, 0.1) is 6.92 Å². The molecular formula is C24H21ClN4O3S2. The van der Waals surface area contributed by atoms with E-state index in [2.05, 4.69) is 11.5 Å². The molecule has 34 heavy (non-hydrogen) atoms. The molecule has 7 nitrogen and oxygen atoms in total. The number of hydrogen-bond acceptors (Lipinski definition) is 8. The van der Waals surface area contributed by atoms with Crippen LogP contribution in [0.3, 0.4) is 0 Å². The summed E-state index contributed by atoms with van der Waals surface area (Å²) in [5.74, 6) is 1.01. The van der Waals surface area contributed by atoms with Crippen molar-refractivity contribution in [1.29, 1.82) is 0 Å². The number of methoxy groups -OCH3 is 1. The maximum absolute atomic E-state index is 12.5. The number of imide groups is 1. The van der Waals surface area contributed by atoms with E-state index in [0.717, 1.165) is 41.9 Å². The summed E-state index contributed by atoms with van der Waals surface area (Å²) in [6.45, 7) is 3.64. The van der Waals surface area contributed by atoms with E-state index in [1.165, 1.54) is 17.4 Å². The fourth-order valence-corrected chi connectivity index (χ4v) is 5.59. The fraction of sp³-hybridized carbons (Fsp3) is 0.167. The van der Waals surface area contributed by atoms with Gasteiger partial charge in [-0.25, -0.2) is 9.97 Å². The average molecular weight is 513 g/mol. The summed E-state index contributed by atoms with van der Waals surface area (Å²) in [7, 11) is 1.65. The Morgan fingerprint density at radius 2 is 1.94 bits per heavy atom. The summed E-state index contributed by atoms with van der Waals surface area (Å²) in [4.78, 5) is 37.2. The van der Waals surface area contributed by atoms with Crippen molar-refractivity contribution in [2.24, 2.45) is 0 Å². The highest BCUT2D eigenvalue weighted by Gasteiger charge is 2.30. The Bertz CT molecular complexity index is 1430. The summed E-state index contributed by atoms with van der Waals surface area (Å²) < 4.78 is 5.36. The Kier molecular flexibility index (Phi) is 6.70. The van der Waals surface area contributed by atoms with Gasteiger partial charge in [0.2, 0.25) is 0 Å². The lowest BCUT2D eigenvalue weighted by Gasteiger charge is -2.17. The van der Waals surface area contributed by atoms with Gasteiger partial charge in [0.05, 0.1) is 17.4 Å². The smallest absolute Gasteiger partial charge is 0.275 e. The molecule has 1 aliphatic rings. The number of carbonyl (C=O) groups is 2. The molecule has 0 saturated heterocycles. The lowest BCUT2D eigenvalue weighted by molar-refractivity contribution is -0.135. The Hall–Kier alpha value is -3.27. The van der Waals surface area contributed by atoms with Gasteiger partial charge in [0.25, 0.3) is 11.8 Å². The van der Waals surface area contributed by atoms with E-state index in [4.69, 9.17) is 14.7 Å². The van der Waals surface area contributed by atoms with Crippen LogP contribution in [0.1, 0.15) is 22.9 Å². The summed E-state index contributed by atoms with van der Waals surface area (Å²) in [6, 6.07) is 11.9. The molecule has 3 aromatic heterocycles. The van der Waals surface area contributed by atoms with Crippen molar-refractivity contribution in [3.63, 3.8) is 0 Å². The molecule has 0 spiro atoms. The zero-order valence-electron chi connectivity index (χ0n) is 18.6. The third kappa shape index (κ3) is 4.29. The Labute approximate surface area is 210 Å². The maximum atomic E-state index is 12.5. The molecule has 0 bridgehead atoms. The van der Waals surface area contributed by atoms with Crippen LogP contribution >= 0.6 is 35.1 Å². The van der Waals surface area contributed by atoms with Crippen molar-refractivity contribution in [3.8, 4) is 16.5 Å². The number of carbonyl (C=O) groups excluding carboxylic acids is 2. The third-order valence-electron chi connectivity index (χ3n) is 5.45. The first kappa shape index (κ1) is 23.9. The first-order chi connectivity index (χ1) is 15.9. The third-order valence-corrected chi connectivity index (χ3v) is 7.50. The van der Waals surface area contributed by atoms with Gasteiger partial charge in [-0.1, -0.05) is 18.2 Å². The minimum Gasteiger partial charge on any atom is -0.497 e. The predicted octanol–water partition coefficient (Wildman–Crippen LogP) is 5.39. The highest BCUT2D eigenvalue weighted by molar-refractivity contribution is 7.19. The van der Waals surface area contributed by atoms with E-state index in [9.17, 15) is 9.59 Å². The Morgan fingerprint density at radius 1 is 1.12 bits per heavy atom. The van der Waals surface area contributed by atoms with Crippen molar-refractivity contribution in [2.75, 3.05) is 12.5 Å². The lowest BCUT2D eigenvalue weighted by Crippen LogP contribution is -2.36. The van der Waals surface area contributed by atoms with Gasteiger partial charge in [-0.05, 0) is 48.6 Å². The topological polar surface area (TPSA) is 84.4 Å². The fourth-order valence-electron chi connectivity index (χ4n) is 3.72. The van der Waals surface area contributed by atoms with Crippen molar-refractivity contribution in [1.82, 2.24) is 15.0 Å². The van der Waals surface area contributed by atoms with Gasteiger partial charge in [-0.15, -0.1) is 35.1 Å². The van der Waals surface area contributed by atoms with Crippen LogP contribution in [0.4, 0.5) is 5.82 Å². The molecule has 0 atom stereocenters. The summed E-state index contributed by atoms with van der Waals surface area (Å²) in [5.41, 5.74) is 5.50. The number of aryl methyl sites for hydroxylation is 1. The average Bonchev–Trinajstić information content (AvgIpc) is 3.50. The normalized spacial score (nSPS) is 13.3. The Balaban J connectivity index is 0.00000274. The first-order valence-corrected chi connectivity index (χ1v) is 11.9. The van der Waals surface area contributed by atoms with E-state index in [1.807, 2.05) is 42.6 Å². The van der Waals surface area contributed by atoms with Crippen LogP contribution in [0.25, 0.3) is 20.9 Å². The van der Waals surface area contributed by atoms with Gasteiger partial charge >= 0.3 is 0 Å². The second-order valence-electron chi connectivity index (χ2n) is 7.65. The maximum Gasteiger partial charge on any atom is 0.275 e. The standard InChI is InChI=1S/C24H20N4O3S2.ClH/c1-13-10-19(29)28(24(13)30)27-22-20-14(2)18(12-15-6-4-7-16(11-15)31-3)33-23(20)26-21(25-22)17-8-5-9-32-17;/h4-11H,12H2,1-3H3,(H,25,26,27);1H. The van der Waals surface area contributed by atoms with E-state index in [0.29, 0.717) is 23.6 Å². The number of amides is 2. The highest BCUT2D eigenvalue weighted by Crippen LogP contribution is 2.38. The Morgan fingerprint density at radius 3 is 2.62 bits per heavy atom. The van der Waals surface area contributed by atoms with Crippen molar-refractivity contribution < 1.29 is 14.3 Å². The number of thiophene rings is 2. The molecule has 0 unspecified atom stereocenters. The number of hydrogen-bond donors (Lipinski definition) is 1. The van der Waals surface area contributed by atoms with E-state index in [1.54, 1.807) is 25.4 Å². The molecule has 2 amide bonds. The van der Waals surface area contributed by atoms with E-state index >= 15 is 0 Å². The minimum atomic E-state index is -0.411. The molecule has 4 heterocycles. The lowest BCUT2D eigenvalue weighted by atomic mass is 10.1. The largest absolute Gasteiger partial charge is 0.497 e. The molecule has 0 fully saturated rings. The zero-order chi connectivity index (χ0) is 23.1. The van der Waals surface area contributed by atoms with Crippen LogP contribution in [0.5, 0.6) is 5.75 Å². The SMILES string of the molecule is COc1cccc(Cc2sc3nc(-c4cccs4)nc(NN4C(=O)C=C(C)C4=O)c3c2C)c1.Cl. The number of anilines is 1. The number of nitrogens with one attached hydrogen (secondary N) is 1. The molecule has 0 radical (unpaired) electrons. The molecule has 4 aromatic rings. The second-order valence-corrected chi connectivity index (χ2v) is 9.68. The summed E-state index contributed by atoms with van der Waals surface area (Å²) in [6.07, 6.45) is 2.03. The number of hydrazine groups is 1. The van der Waals surface area contributed by atoms with Crippen LogP contribution < -0.4 is 10.2 Å². The number of nitrogens with zero attached hydrogens (tertiary/aromatic N) is 3. The van der Waals surface area contributed by atoms with Crippen LogP contribution in [0.2, 0.25) is 0 Å². The van der Waals surface area contributed by atoms with Gasteiger partial charge in [0.1, 0.15) is 10.6 Å². The van der Waals surface area contributed by atoms with Gasteiger partial charge in [0.15, 0.2) is 11.6 Å². The molecule has 174 valence electrons. The van der Waals surface area contributed by atoms with E-state index < -0.39 is 5.91 Å². The van der Waals surface area contributed by atoms with Crippen molar-refractivity contribution in [2.45, 2.75) is 20.3 Å². The van der Waals surface area contributed by atoms with Crippen LogP contribution in [-0.4, -0.2) is 33.9 Å². The quantitative estimate of drug-likeness (QED) is 0.349. The molecule has 5 rings (SSSR count). The summed E-state index contributed by atoms with van der Waals surface area (Å²) >= 11 is 3.12. The van der Waals surface area contributed by atoms with Crippen molar-refractivity contribution >= 4 is 62.9 Å². The zero-order valence-corrected chi connectivity index (χ0v) is 21.1. The molecule has 0 saturated carbocycles. The minimum absolute atomic E-state index is 0. The monoisotopic (exact) mass is 512 g/mol. The molecule has 1 N–H and O–H groups in total. The first-order valence-electron chi connectivity index (χ1n) is 10.2. The van der Waals surface area contributed by atoms with Gasteiger partial charge in [-0.3, -0.25) is 15.0 Å². The number of aromatic nitrogens is 2. The van der Waals surface area contributed by atoms with Gasteiger partial charge in [0, 0.05) is 22.9 Å². The van der Waals surface area contributed by atoms with E-state index in [-0.39, 0.29) is 18.3 Å². The number of halogens is 1. The number of benzene rings is 1. The second kappa shape index (κ2) is 9.54. The number of rotatable bonds is 6. The van der Waals surface area contributed by atoms with Crippen LogP contribution in [-0.2, 0) is 16.0 Å². The molecular weight excluding hydrogens is 492 g/mol. The number of fused-ring (bicyclic) bond motifs is 1. The highest BCUT2D eigenvalue weighted by atomic mass is 35.5.